The molecule has 176 valence electrons. The van der Waals surface area contributed by atoms with E-state index >= 15 is 0 Å². The molecule has 4 aromatic carbocycles. The first-order valence-corrected chi connectivity index (χ1v) is 13.4. The molecule has 35 heavy (non-hydrogen) atoms. The molecule has 0 unspecified atom stereocenters. The number of carbonyl (C=O) groups excluding carboxylic acids is 1. The van der Waals surface area contributed by atoms with E-state index in [9.17, 15) is 4.79 Å². The van der Waals surface area contributed by atoms with Gasteiger partial charge in [0.1, 0.15) is 28.7 Å². The van der Waals surface area contributed by atoms with E-state index in [0.717, 1.165) is 18.1 Å². The van der Waals surface area contributed by atoms with Gasteiger partial charge in [-0.1, -0.05) is 60.7 Å². The van der Waals surface area contributed by atoms with Crippen molar-refractivity contribution in [2.24, 2.45) is 0 Å². The lowest BCUT2D eigenvalue weighted by molar-refractivity contribution is -0.107. The Morgan fingerprint density at radius 2 is 1.31 bits per heavy atom. The van der Waals surface area contributed by atoms with Crippen molar-refractivity contribution in [1.29, 1.82) is 0 Å². The molecule has 1 heterocycles. The summed E-state index contributed by atoms with van der Waals surface area (Å²) in [5.74, 6) is 0. The van der Waals surface area contributed by atoms with Gasteiger partial charge in [-0.15, -0.1) is 0 Å². The molecule has 0 saturated carbocycles. The fourth-order valence-electron chi connectivity index (χ4n) is 4.48. The summed E-state index contributed by atoms with van der Waals surface area (Å²) >= 11 is 0. The van der Waals surface area contributed by atoms with Crippen molar-refractivity contribution >= 4 is 46.7 Å². The number of fused-ring (bicyclic) bond motifs is 1. The first-order valence-electron chi connectivity index (χ1n) is 11.4. The van der Waals surface area contributed by atoms with Crippen molar-refractivity contribution in [3.8, 4) is 0 Å². The average molecular weight is 545 g/mol. The number of carbonyl (C=O) groups is 1. The monoisotopic (exact) mass is 544 g/mol. The summed E-state index contributed by atoms with van der Waals surface area (Å²) in [5.41, 5.74) is 2.62. The van der Waals surface area contributed by atoms with E-state index < -0.39 is 7.26 Å². The Kier molecular flexibility index (Phi) is 7.80. The number of amides is 1. The Balaban J connectivity index is 0.00000289. The highest BCUT2D eigenvalue weighted by molar-refractivity contribution is 7.95. The van der Waals surface area contributed by atoms with Crippen LogP contribution in [0, 0.1) is 0 Å². The van der Waals surface area contributed by atoms with Crippen LogP contribution in [0.2, 0.25) is 0 Å². The van der Waals surface area contributed by atoms with Crippen LogP contribution in [0.15, 0.2) is 114 Å². The highest BCUT2D eigenvalue weighted by atomic mass is 79.9. The largest absolute Gasteiger partial charge is 1.00 e. The van der Waals surface area contributed by atoms with Crippen LogP contribution < -0.4 is 37.8 Å². The van der Waals surface area contributed by atoms with Crippen molar-refractivity contribution in [3.05, 3.63) is 115 Å². The molecule has 0 fully saturated rings. The average Bonchev–Trinajstić information content (AvgIpc) is 3.32. The lowest BCUT2D eigenvalue weighted by Crippen LogP contribution is -3.00. The van der Waals surface area contributed by atoms with E-state index in [1.54, 1.807) is 0 Å². The van der Waals surface area contributed by atoms with Gasteiger partial charge in [0.05, 0.1) is 6.16 Å². The third-order valence-electron chi connectivity index (χ3n) is 6.17. The van der Waals surface area contributed by atoms with Gasteiger partial charge in [0.2, 0.25) is 6.41 Å². The molecule has 0 N–H and O–H groups in total. The number of hydrogen-bond acceptors (Lipinski definition) is 3. The molecule has 0 atom stereocenters. The molecule has 0 aliphatic heterocycles. The first kappa shape index (κ1) is 24.8. The highest BCUT2D eigenvalue weighted by Gasteiger charge is 2.45. The second-order valence-electron chi connectivity index (χ2n) is 8.16. The maximum atomic E-state index is 11.4. The van der Waals surface area contributed by atoms with E-state index in [4.69, 9.17) is 4.42 Å². The minimum absolute atomic E-state index is 0. The second kappa shape index (κ2) is 11.0. The first-order chi connectivity index (χ1) is 16.7. The Morgan fingerprint density at radius 1 is 0.800 bits per heavy atom. The summed E-state index contributed by atoms with van der Waals surface area (Å²) in [4.78, 5) is 17.3. The standard InChI is InChI=1S/C29H26N2O2P.BrH/c1-2-31(22-32)29-30-27-19-18-23(20-28(27)33-29)21-34(24-12-6-3-7-13-24,25-14-8-4-9-15-25)26-16-10-5-11-17-26;/h3-20,22H,2,21H2,1H3;1H/q+1;/p-1. The summed E-state index contributed by atoms with van der Waals surface area (Å²) < 4.78 is 5.98. The van der Waals surface area contributed by atoms with E-state index in [2.05, 4.69) is 108 Å². The third kappa shape index (κ3) is 4.80. The van der Waals surface area contributed by atoms with Gasteiger partial charge in [-0.2, -0.15) is 4.98 Å². The van der Waals surface area contributed by atoms with Crippen LogP contribution in [-0.4, -0.2) is 17.9 Å². The summed E-state index contributed by atoms with van der Waals surface area (Å²) in [6.45, 7) is 2.40. The molecule has 0 bridgehead atoms. The minimum Gasteiger partial charge on any atom is -1.00 e. The molecule has 0 aliphatic rings. The Hall–Kier alpha value is -3.27. The molecule has 6 heteroatoms. The predicted octanol–water partition coefficient (Wildman–Crippen LogP) is 2.31. The van der Waals surface area contributed by atoms with Crippen LogP contribution in [0.25, 0.3) is 11.1 Å². The second-order valence-corrected chi connectivity index (χ2v) is 11.6. The molecule has 5 aromatic rings. The molecule has 0 spiro atoms. The minimum atomic E-state index is -2.01. The van der Waals surface area contributed by atoms with E-state index in [0.29, 0.717) is 18.1 Å². The van der Waals surface area contributed by atoms with Crippen LogP contribution in [0.5, 0.6) is 0 Å². The van der Waals surface area contributed by atoms with Gasteiger partial charge in [-0.3, -0.25) is 9.69 Å². The number of hydrogen-bond donors (Lipinski definition) is 0. The van der Waals surface area contributed by atoms with Gasteiger partial charge in [0.25, 0.3) is 0 Å². The fraction of sp³-hybridized carbons (Fsp3) is 0.103. The highest BCUT2D eigenvalue weighted by Crippen LogP contribution is 2.58. The van der Waals surface area contributed by atoms with Gasteiger partial charge < -0.3 is 21.4 Å². The van der Waals surface area contributed by atoms with Gasteiger partial charge in [0.15, 0.2) is 5.58 Å². The quantitative estimate of drug-likeness (QED) is 0.222. The normalized spacial score (nSPS) is 11.1. The van der Waals surface area contributed by atoms with Gasteiger partial charge in [-0.05, 0) is 61.0 Å². The molecule has 1 amide bonds. The molecule has 0 aliphatic carbocycles. The molecular weight excluding hydrogens is 519 g/mol. The van der Waals surface area contributed by atoms with Crippen molar-refractivity contribution in [2.75, 3.05) is 11.4 Å². The van der Waals surface area contributed by atoms with Crippen molar-refractivity contribution < 1.29 is 26.2 Å². The smallest absolute Gasteiger partial charge is 0.305 e. The summed E-state index contributed by atoms with van der Waals surface area (Å²) in [6.07, 6.45) is 1.60. The zero-order valence-electron chi connectivity index (χ0n) is 19.4. The third-order valence-corrected chi connectivity index (χ3v) is 10.5. The summed E-state index contributed by atoms with van der Waals surface area (Å²) in [5, 5.41) is 4.01. The maximum Gasteiger partial charge on any atom is 0.305 e. The number of oxazole rings is 1. The topological polar surface area (TPSA) is 46.3 Å². The molecule has 4 nitrogen and oxygen atoms in total. The van der Waals surface area contributed by atoms with Crippen molar-refractivity contribution in [1.82, 2.24) is 4.98 Å². The Bertz CT molecular complexity index is 1300. The SMILES string of the molecule is CCN(C=O)c1nc2ccc(C[P+](c3ccccc3)(c3ccccc3)c3ccccc3)cc2o1.[Br-]. The number of rotatable bonds is 8. The number of anilines is 1. The molecule has 0 radical (unpaired) electrons. The zero-order valence-corrected chi connectivity index (χ0v) is 21.9. The fourth-order valence-corrected chi connectivity index (χ4v) is 8.71. The van der Waals surface area contributed by atoms with Crippen LogP contribution in [0.4, 0.5) is 6.01 Å². The number of halogens is 1. The maximum absolute atomic E-state index is 11.4. The number of benzene rings is 4. The Morgan fingerprint density at radius 3 is 1.77 bits per heavy atom. The summed E-state index contributed by atoms with van der Waals surface area (Å²) in [7, 11) is -2.01. The van der Waals surface area contributed by atoms with E-state index in [1.807, 2.05) is 13.0 Å². The van der Waals surface area contributed by atoms with Crippen molar-refractivity contribution in [3.63, 3.8) is 0 Å². The van der Waals surface area contributed by atoms with E-state index in [1.165, 1.54) is 26.4 Å². The van der Waals surface area contributed by atoms with Crippen LogP contribution in [0.1, 0.15) is 12.5 Å². The Labute approximate surface area is 216 Å². The number of aromatic nitrogens is 1. The molecule has 1 aromatic heterocycles. The summed E-state index contributed by atoms with van der Waals surface area (Å²) in [6, 6.07) is 39.0. The molecule has 5 rings (SSSR count). The van der Waals surface area contributed by atoms with Gasteiger partial charge in [0, 0.05) is 6.54 Å². The van der Waals surface area contributed by atoms with Gasteiger partial charge >= 0.3 is 6.01 Å². The zero-order chi connectivity index (χ0) is 23.4. The van der Waals surface area contributed by atoms with Gasteiger partial charge in [-0.25, -0.2) is 0 Å². The number of nitrogens with zero attached hydrogens (tertiary/aromatic N) is 2. The lowest BCUT2D eigenvalue weighted by atomic mass is 10.2. The van der Waals surface area contributed by atoms with Crippen LogP contribution >= 0.6 is 7.26 Å². The van der Waals surface area contributed by atoms with Crippen molar-refractivity contribution in [2.45, 2.75) is 13.1 Å². The van der Waals surface area contributed by atoms with Crippen LogP contribution in [0.3, 0.4) is 0 Å². The van der Waals surface area contributed by atoms with E-state index in [-0.39, 0.29) is 17.0 Å². The predicted molar refractivity (Wildman–Crippen MR) is 142 cm³/mol. The van der Waals surface area contributed by atoms with Crippen LogP contribution in [-0.2, 0) is 11.0 Å². The molecule has 0 saturated heterocycles. The lowest BCUT2D eigenvalue weighted by Gasteiger charge is -2.27. The molecular formula is C29H26BrN2O2P.